The number of carboxylic acids is 1. The number of nitrogens with zero attached hydrogens (tertiary/aromatic N) is 1. The second kappa shape index (κ2) is 6.40. The molecule has 0 spiro atoms. The highest BCUT2D eigenvalue weighted by molar-refractivity contribution is 5.87. The molecule has 2 atom stereocenters. The molecule has 7 nitrogen and oxygen atoms in total. The minimum absolute atomic E-state index is 0.400. The molecule has 1 aliphatic rings. The predicted molar refractivity (Wildman–Crippen MR) is 68.3 cm³/mol. The van der Waals surface area contributed by atoms with Crippen molar-refractivity contribution in [2.75, 3.05) is 13.1 Å². The largest absolute Gasteiger partial charge is 0.480 e. The molecule has 1 fully saturated rings. The molecular weight excluding hydrogens is 250 g/mol. The Labute approximate surface area is 112 Å². The Balaban J connectivity index is 2.54. The molecule has 0 bridgehead atoms. The normalized spacial score (nSPS) is 20.4. The summed E-state index contributed by atoms with van der Waals surface area (Å²) < 4.78 is 0. The number of rotatable bonds is 5. The lowest BCUT2D eigenvalue weighted by atomic mass is 9.95. The summed E-state index contributed by atoms with van der Waals surface area (Å²) in [6.45, 7) is 5.42. The molecule has 19 heavy (non-hydrogen) atoms. The summed E-state index contributed by atoms with van der Waals surface area (Å²) >= 11 is 0. The van der Waals surface area contributed by atoms with E-state index in [4.69, 9.17) is 10.8 Å². The first-order chi connectivity index (χ1) is 8.81. The topological polar surface area (TPSA) is 113 Å². The van der Waals surface area contributed by atoms with Gasteiger partial charge in [0, 0.05) is 13.1 Å². The van der Waals surface area contributed by atoms with Crippen LogP contribution >= 0.6 is 0 Å². The van der Waals surface area contributed by atoms with Crippen molar-refractivity contribution < 1.29 is 19.5 Å². The number of nitrogens with two attached hydrogens (primary N) is 1. The van der Waals surface area contributed by atoms with E-state index in [1.807, 2.05) is 0 Å². The van der Waals surface area contributed by atoms with Crippen LogP contribution in [0.1, 0.15) is 26.7 Å². The van der Waals surface area contributed by atoms with Crippen molar-refractivity contribution in [1.82, 2.24) is 10.2 Å². The maximum atomic E-state index is 11.9. The summed E-state index contributed by atoms with van der Waals surface area (Å²) in [5, 5.41) is 11.2. The molecule has 4 N–H and O–H groups in total. The van der Waals surface area contributed by atoms with Crippen molar-refractivity contribution in [3.63, 3.8) is 0 Å². The Morgan fingerprint density at radius 2 is 2.05 bits per heavy atom. The van der Waals surface area contributed by atoms with Crippen LogP contribution in [0, 0.1) is 11.8 Å². The summed E-state index contributed by atoms with van der Waals surface area (Å²) in [6, 6.07) is -1.71. The van der Waals surface area contributed by atoms with E-state index in [2.05, 4.69) is 19.2 Å². The highest BCUT2D eigenvalue weighted by atomic mass is 16.4. The summed E-state index contributed by atoms with van der Waals surface area (Å²) in [4.78, 5) is 35.2. The number of hydrogen-bond donors (Lipinski definition) is 3. The van der Waals surface area contributed by atoms with Gasteiger partial charge in [-0.05, 0) is 18.3 Å². The number of aliphatic carboxylic acids is 1. The molecule has 0 aliphatic carbocycles. The number of carbonyl (C=O) groups excluding carboxylic acids is 2. The van der Waals surface area contributed by atoms with Gasteiger partial charge in [0.05, 0.1) is 6.42 Å². The molecular formula is C12H21N3O4. The van der Waals surface area contributed by atoms with Crippen LogP contribution < -0.4 is 11.1 Å². The summed E-state index contributed by atoms with van der Waals surface area (Å²) in [7, 11) is 0. The average molecular weight is 271 g/mol. The van der Waals surface area contributed by atoms with Crippen molar-refractivity contribution in [3.05, 3.63) is 0 Å². The van der Waals surface area contributed by atoms with Crippen LogP contribution in [0.5, 0.6) is 0 Å². The second-order valence-corrected chi connectivity index (χ2v) is 5.25. The van der Waals surface area contributed by atoms with Crippen LogP contribution in [0.2, 0.25) is 0 Å². The lowest BCUT2D eigenvalue weighted by Crippen LogP contribution is -2.48. The maximum absolute atomic E-state index is 11.9. The zero-order valence-electron chi connectivity index (χ0n) is 11.3. The lowest BCUT2D eigenvalue weighted by Gasteiger charge is -2.21. The summed E-state index contributed by atoms with van der Waals surface area (Å²) in [5.74, 6) is -1.09. The van der Waals surface area contributed by atoms with E-state index in [9.17, 15) is 14.4 Å². The molecule has 0 aromatic carbocycles. The molecule has 0 aromatic rings. The third kappa shape index (κ3) is 4.42. The van der Waals surface area contributed by atoms with E-state index in [1.54, 1.807) is 4.90 Å². The van der Waals surface area contributed by atoms with Crippen molar-refractivity contribution >= 4 is 17.9 Å². The monoisotopic (exact) mass is 271 g/mol. The van der Waals surface area contributed by atoms with E-state index >= 15 is 0 Å². The third-order valence-electron chi connectivity index (χ3n) is 3.46. The molecule has 1 aliphatic heterocycles. The van der Waals surface area contributed by atoms with Gasteiger partial charge in [-0.1, -0.05) is 13.8 Å². The number of likely N-dealkylation sites (tertiary alicyclic amines) is 1. The Hall–Kier alpha value is -1.79. The van der Waals surface area contributed by atoms with E-state index in [1.165, 1.54) is 0 Å². The van der Waals surface area contributed by atoms with Gasteiger partial charge in [-0.2, -0.15) is 0 Å². The van der Waals surface area contributed by atoms with Crippen molar-refractivity contribution in [3.8, 4) is 0 Å². The van der Waals surface area contributed by atoms with Gasteiger partial charge in [-0.25, -0.2) is 9.59 Å². The molecule has 0 radical (unpaired) electrons. The quantitative estimate of drug-likeness (QED) is 0.653. The first kappa shape index (κ1) is 15.3. The van der Waals surface area contributed by atoms with Gasteiger partial charge in [-0.3, -0.25) is 4.79 Å². The third-order valence-corrected chi connectivity index (χ3v) is 3.46. The fraction of sp³-hybridized carbons (Fsp3) is 0.750. The first-order valence-corrected chi connectivity index (χ1v) is 6.37. The summed E-state index contributed by atoms with van der Waals surface area (Å²) in [5.41, 5.74) is 4.95. The molecule has 108 valence electrons. The van der Waals surface area contributed by atoms with Gasteiger partial charge in [0.1, 0.15) is 6.04 Å². The lowest BCUT2D eigenvalue weighted by molar-refractivity contribution is -0.140. The highest BCUT2D eigenvalue weighted by Gasteiger charge is 2.30. The van der Waals surface area contributed by atoms with E-state index in [-0.39, 0.29) is 0 Å². The number of urea groups is 1. The SMILES string of the molecule is CC(C)C1CCN(C(=O)N[C@H](CC(N)=O)C(=O)O)C1. The van der Waals surface area contributed by atoms with Gasteiger partial charge >= 0.3 is 12.0 Å². The smallest absolute Gasteiger partial charge is 0.326 e. The number of carbonyl (C=O) groups is 3. The molecule has 1 rings (SSSR count). The number of primary amides is 1. The number of hydrogen-bond acceptors (Lipinski definition) is 3. The number of carboxylic acid groups (broad SMARTS) is 1. The molecule has 1 saturated heterocycles. The molecule has 1 heterocycles. The molecule has 0 saturated carbocycles. The van der Waals surface area contributed by atoms with Crippen LogP contribution in [-0.4, -0.2) is 47.0 Å². The fourth-order valence-corrected chi connectivity index (χ4v) is 2.16. The molecule has 3 amide bonds. The Kier molecular flexibility index (Phi) is 5.14. The van der Waals surface area contributed by atoms with Gasteiger partial charge in [-0.15, -0.1) is 0 Å². The molecule has 0 aromatic heterocycles. The minimum Gasteiger partial charge on any atom is -0.480 e. The van der Waals surface area contributed by atoms with Crippen LogP contribution in [0.15, 0.2) is 0 Å². The molecule has 1 unspecified atom stereocenters. The van der Waals surface area contributed by atoms with Crippen LogP contribution in [0.4, 0.5) is 4.79 Å². The zero-order valence-corrected chi connectivity index (χ0v) is 11.3. The van der Waals surface area contributed by atoms with Crippen LogP contribution in [0.3, 0.4) is 0 Å². The van der Waals surface area contributed by atoms with Gasteiger partial charge in [0.2, 0.25) is 5.91 Å². The van der Waals surface area contributed by atoms with Gasteiger partial charge in [0.25, 0.3) is 0 Å². The first-order valence-electron chi connectivity index (χ1n) is 6.37. The van der Waals surface area contributed by atoms with E-state index in [0.29, 0.717) is 24.9 Å². The van der Waals surface area contributed by atoms with Crippen molar-refractivity contribution in [1.29, 1.82) is 0 Å². The highest BCUT2D eigenvalue weighted by Crippen LogP contribution is 2.23. The maximum Gasteiger partial charge on any atom is 0.326 e. The average Bonchev–Trinajstić information content (AvgIpc) is 2.76. The number of amides is 3. The standard InChI is InChI=1S/C12H21N3O4/c1-7(2)8-3-4-15(6-8)12(19)14-9(11(17)18)5-10(13)16/h7-9H,3-6H2,1-2H3,(H2,13,16)(H,14,19)(H,17,18)/t8?,9-/m1/s1. The van der Waals surface area contributed by atoms with E-state index in [0.717, 1.165) is 6.42 Å². The van der Waals surface area contributed by atoms with Crippen molar-refractivity contribution in [2.45, 2.75) is 32.7 Å². The predicted octanol–water partition coefficient (Wildman–Crippen LogP) is 0.00250. The number of nitrogens with one attached hydrogen (secondary N) is 1. The Morgan fingerprint density at radius 3 is 2.47 bits per heavy atom. The van der Waals surface area contributed by atoms with Crippen LogP contribution in [-0.2, 0) is 9.59 Å². The van der Waals surface area contributed by atoms with E-state index < -0.39 is 30.4 Å². The van der Waals surface area contributed by atoms with Gasteiger partial charge in [0.15, 0.2) is 0 Å². The van der Waals surface area contributed by atoms with Crippen LogP contribution in [0.25, 0.3) is 0 Å². The second-order valence-electron chi connectivity index (χ2n) is 5.25. The fourth-order valence-electron chi connectivity index (χ4n) is 2.16. The molecule has 7 heteroatoms. The van der Waals surface area contributed by atoms with Gasteiger partial charge < -0.3 is 21.1 Å². The summed E-state index contributed by atoms with van der Waals surface area (Å²) in [6.07, 6.45) is 0.515. The zero-order chi connectivity index (χ0) is 14.6. The Bertz CT molecular complexity index is 370. The minimum atomic E-state index is -1.26. The van der Waals surface area contributed by atoms with Crippen molar-refractivity contribution in [2.24, 2.45) is 17.6 Å². The Morgan fingerprint density at radius 1 is 1.42 bits per heavy atom.